The molecule has 0 fully saturated rings. The van der Waals surface area contributed by atoms with Gasteiger partial charge in [0.1, 0.15) is 6.54 Å². The Kier molecular flexibility index (Phi) is 4.68. The minimum Gasteiger partial charge on any atom is -0.368 e. The van der Waals surface area contributed by atoms with Crippen LogP contribution in [-0.4, -0.2) is 18.4 Å². The fraction of sp³-hybridized carbons (Fsp3) is 0.125. The summed E-state index contributed by atoms with van der Waals surface area (Å²) < 4.78 is 38.3. The molecule has 0 aliphatic carbocycles. The number of carbonyl (C=O) groups is 2. The summed E-state index contributed by atoms with van der Waals surface area (Å²) in [7, 11) is 0. The van der Waals surface area contributed by atoms with E-state index in [0.717, 1.165) is 23.1 Å². The lowest BCUT2D eigenvalue weighted by atomic mass is 10.1. The van der Waals surface area contributed by atoms with E-state index in [1.165, 1.54) is 6.07 Å². The Morgan fingerprint density at radius 2 is 1.65 bits per heavy atom. The average Bonchev–Trinajstić information content (AvgIpc) is 2.52. The molecule has 23 heavy (non-hydrogen) atoms. The van der Waals surface area contributed by atoms with Crippen molar-refractivity contribution in [2.75, 3.05) is 11.4 Å². The minimum atomic E-state index is -4.56. The summed E-state index contributed by atoms with van der Waals surface area (Å²) in [5, 5.41) is 0. The van der Waals surface area contributed by atoms with Crippen molar-refractivity contribution < 1.29 is 22.8 Å². The van der Waals surface area contributed by atoms with Crippen molar-refractivity contribution in [1.29, 1.82) is 0 Å². The standard InChI is InChI=1S/C16H13F3N2O2/c17-16(18,19)12-6-4-5-11(9-12)15(23)21(10-14(20)22)13-7-2-1-3-8-13/h1-9H,10H2,(H2,20,22). The topological polar surface area (TPSA) is 63.4 Å². The van der Waals surface area contributed by atoms with E-state index in [2.05, 4.69) is 0 Å². The maximum Gasteiger partial charge on any atom is 0.416 e. The number of primary amides is 1. The van der Waals surface area contributed by atoms with Gasteiger partial charge in [0.2, 0.25) is 5.91 Å². The van der Waals surface area contributed by atoms with Gasteiger partial charge in [0.05, 0.1) is 5.56 Å². The third-order valence-corrected chi connectivity index (χ3v) is 3.06. The molecule has 2 N–H and O–H groups in total. The predicted molar refractivity (Wildman–Crippen MR) is 78.8 cm³/mol. The number of anilines is 1. The zero-order chi connectivity index (χ0) is 17.0. The second-order valence-corrected chi connectivity index (χ2v) is 4.77. The van der Waals surface area contributed by atoms with Crippen LogP contribution < -0.4 is 10.6 Å². The molecule has 0 atom stereocenters. The van der Waals surface area contributed by atoms with Crippen LogP contribution in [0.25, 0.3) is 0 Å². The van der Waals surface area contributed by atoms with Crippen LogP contribution in [0.2, 0.25) is 0 Å². The van der Waals surface area contributed by atoms with Crippen molar-refractivity contribution in [2.24, 2.45) is 5.73 Å². The summed E-state index contributed by atoms with van der Waals surface area (Å²) in [6.45, 7) is -0.431. The van der Waals surface area contributed by atoms with E-state index in [4.69, 9.17) is 5.73 Å². The van der Waals surface area contributed by atoms with Crippen LogP contribution in [0.3, 0.4) is 0 Å². The number of para-hydroxylation sites is 1. The van der Waals surface area contributed by atoms with E-state index in [1.54, 1.807) is 30.3 Å². The van der Waals surface area contributed by atoms with Crippen LogP contribution in [0.5, 0.6) is 0 Å². The molecule has 0 radical (unpaired) electrons. The minimum absolute atomic E-state index is 0.176. The lowest BCUT2D eigenvalue weighted by molar-refractivity contribution is -0.137. The zero-order valence-corrected chi connectivity index (χ0v) is 11.9. The molecule has 0 aliphatic rings. The van der Waals surface area contributed by atoms with E-state index in [0.29, 0.717) is 5.69 Å². The quantitative estimate of drug-likeness (QED) is 0.941. The van der Waals surface area contributed by atoms with Gasteiger partial charge in [-0.2, -0.15) is 13.2 Å². The Morgan fingerprint density at radius 3 is 2.22 bits per heavy atom. The highest BCUT2D eigenvalue weighted by Gasteiger charge is 2.31. The molecule has 0 saturated carbocycles. The second-order valence-electron chi connectivity index (χ2n) is 4.77. The molecular weight excluding hydrogens is 309 g/mol. The van der Waals surface area contributed by atoms with E-state index in [-0.39, 0.29) is 5.56 Å². The third kappa shape index (κ3) is 4.09. The molecule has 7 heteroatoms. The highest BCUT2D eigenvalue weighted by molar-refractivity contribution is 6.08. The fourth-order valence-corrected chi connectivity index (χ4v) is 2.03. The number of hydrogen-bond donors (Lipinski definition) is 1. The number of amides is 2. The van der Waals surface area contributed by atoms with Crippen molar-refractivity contribution >= 4 is 17.5 Å². The molecule has 0 saturated heterocycles. The van der Waals surface area contributed by atoms with Gasteiger partial charge in [0, 0.05) is 11.3 Å². The Morgan fingerprint density at radius 1 is 1.00 bits per heavy atom. The summed E-state index contributed by atoms with van der Waals surface area (Å²) >= 11 is 0. The van der Waals surface area contributed by atoms with Crippen LogP contribution in [0.15, 0.2) is 54.6 Å². The first-order chi connectivity index (χ1) is 10.8. The molecule has 0 aliphatic heterocycles. The van der Waals surface area contributed by atoms with Gasteiger partial charge in [-0.25, -0.2) is 0 Å². The van der Waals surface area contributed by atoms with Crippen LogP contribution in [-0.2, 0) is 11.0 Å². The molecule has 0 heterocycles. The van der Waals surface area contributed by atoms with Crippen LogP contribution in [0.1, 0.15) is 15.9 Å². The highest BCUT2D eigenvalue weighted by atomic mass is 19.4. The van der Waals surface area contributed by atoms with E-state index < -0.39 is 30.1 Å². The Balaban J connectivity index is 2.40. The van der Waals surface area contributed by atoms with Gasteiger partial charge in [0.15, 0.2) is 0 Å². The number of carbonyl (C=O) groups excluding carboxylic acids is 2. The summed E-state index contributed by atoms with van der Waals surface area (Å²) in [5.41, 5.74) is 4.39. The van der Waals surface area contributed by atoms with Gasteiger partial charge in [-0.3, -0.25) is 14.5 Å². The van der Waals surface area contributed by atoms with Crippen molar-refractivity contribution in [3.8, 4) is 0 Å². The monoisotopic (exact) mass is 322 g/mol. The summed E-state index contributed by atoms with van der Waals surface area (Å²) in [6, 6.07) is 12.1. The summed E-state index contributed by atoms with van der Waals surface area (Å²) in [5.74, 6) is -1.50. The zero-order valence-electron chi connectivity index (χ0n) is 11.9. The number of rotatable bonds is 4. The number of benzene rings is 2. The second kappa shape index (κ2) is 6.51. The van der Waals surface area contributed by atoms with Gasteiger partial charge < -0.3 is 5.73 Å². The van der Waals surface area contributed by atoms with Gasteiger partial charge in [-0.05, 0) is 30.3 Å². The van der Waals surface area contributed by atoms with Crippen molar-refractivity contribution in [3.63, 3.8) is 0 Å². The number of halogens is 3. The first-order valence-electron chi connectivity index (χ1n) is 6.61. The fourth-order valence-electron chi connectivity index (χ4n) is 2.03. The van der Waals surface area contributed by atoms with Crippen molar-refractivity contribution in [3.05, 3.63) is 65.7 Å². The highest BCUT2D eigenvalue weighted by Crippen LogP contribution is 2.30. The Hall–Kier alpha value is -2.83. The lowest BCUT2D eigenvalue weighted by Crippen LogP contribution is -2.38. The lowest BCUT2D eigenvalue weighted by Gasteiger charge is -2.21. The van der Waals surface area contributed by atoms with Crippen LogP contribution >= 0.6 is 0 Å². The average molecular weight is 322 g/mol. The molecule has 2 amide bonds. The summed E-state index contributed by atoms with van der Waals surface area (Å²) in [6.07, 6.45) is -4.56. The normalized spacial score (nSPS) is 11.1. The van der Waals surface area contributed by atoms with Crippen LogP contribution in [0, 0.1) is 0 Å². The number of hydrogen-bond acceptors (Lipinski definition) is 2. The van der Waals surface area contributed by atoms with E-state index in [1.807, 2.05) is 0 Å². The molecule has 0 unspecified atom stereocenters. The van der Waals surface area contributed by atoms with E-state index >= 15 is 0 Å². The molecule has 120 valence electrons. The van der Waals surface area contributed by atoms with Crippen molar-refractivity contribution in [1.82, 2.24) is 0 Å². The van der Waals surface area contributed by atoms with E-state index in [9.17, 15) is 22.8 Å². The number of nitrogens with zero attached hydrogens (tertiary/aromatic N) is 1. The molecular formula is C16H13F3N2O2. The molecule has 4 nitrogen and oxygen atoms in total. The third-order valence-electron chi connectivity index (χ3n) is 3.06. The first kappa shape index (κ1) is 16.5. The van der Waals surface area contributed by atoms with Gasteiger partial charge in [0.25, 0.3) is 5.91 Å². The van der Waals surface area contributed by atoms with Crippen molar-refractivity contribution in [2.45, 2.75) is 6.18 Å². The molecule has 2 aromatic rings. The Bertz CT molecular complexity index is 715. The largest absolute Gasteiger partial charge is 0.416 e. The molecule has 2 aromatic carbocycles. The van der Waals surface area contributed by atoms with Gasteiger partial charge in [-0.1, -0.05) is 24.3 Å². The maximum atomic E-state index is 12.8. The Labute approximate surface area is 130 Å². The molecule has 0 spiro atoms. The van der Waals surface area contributed by atoms with Crippen LogP contribution in [0.4, 0.5) is 18.9 Å². The van der Waals surface area contributed by atoms with Gasteiger partial charge >= 0.3 is 6.18 Å². The predicted octanol–water partition coefficient (Wildman–Crippen LogP) is 2.84. The molecule has 0 bridgehead atoms. The molecule has 2 rings (SSSR count). The smallest absolute Gasteiger partial charge is 0.368 e. The number of nitrogens with two attached hydrogens (primary N) is 1. The molecule has 0 aromatic heterocycles. The number of alkyl halides is 3. The SMILES string of the molecule is NC(=O)CN(C(=O)c1cccc(C(F)(F)F)c1)c1ccccc1. The maximum absolute atomic E-state index is 12.8. The van der Waals surface area contributed by atoms with Gasteiger partial charge in [-0.15, -0.1) is 0 Å². The first-order valence-corrected chi connectivity index (χ1v) is 6.61. The summed E-state index contributed by atoms with van der Waals surface area (Å²) in [4.78, 5) is 24.7.